The molecule has 0 N–H and O–H groups in total. The van der Waals surface area contributed by atoms with Gasteiger partial charge in [0, 0.05) is 11.0 Å². The molecule has 0 spiro atoms. The van der Waals surface area contributed by atoms with E-state index in [1.54, 1.807) is 27.7 Å². The van der Waals surface area contributed by atoms with Gasteiger partial charge in [0.15, 0.2) is 5.41 Å². The van der Waals surface area contributed by atoms with Crippen LogP contribution in [0.1, 0.15) is 40.5 Å². The van der Waals surface area contributed by atoms with Crippen LogP contribution in [0.25, 0.3) is 10.4 Å². The molecule has 1 saturated carbocycles. The molecular weight excluding hydrogens is 250 g/mol. The zero-order valence-electron chi connectivity index (χ0n) is 11.6. The zero-order chi connectivity index (χ0) is 14.6. The van der Waals surface area contributed by atoms with Gasteiger partial charge in [-0.1, -0.05) is 5.11 Å². The van der Waals surface area contributed by atoms with Crippen molar-refractivity contribution in [2.24, 2.45) is 10.5 Å². The molecule has 0 aromatic carbocycles. The summed E-state index contributed by atoms with van der Waals surface area (Å²) in [4.78, 5) is 26.8. The number of nitrogens with zero attached hydrogens (tertiary/aromatic N) is 3. The van der Waals surface area contributed by atoms with E-state index in [1.807, 2.05) is 0 Å². The number of carbonyl (C=O) groups is 2. The van der Waals surface area contributed by atoms with E-state index in [4.69, 9.17) is 15.0 Å². The van der Waals surface area contributed by atoms with E-state index >= 15 is 0 Å². The van der Waals surface area contributed by atoms with Crippen LogP contribution in [0.4, 0.5) is 0 Å². The molecule has 0 amide bonds. The van der Waals surface area contributed by atoms with Crippen LogP contribution in [-0.2, 0) is 19.1 Å². The minimum atomic E-state index is -1.31. The monoisotopic (exact) mass is 269 g/mol. The van der Waals surface area contributed by atoms with Gasteiger partial charge >= 0.3 is 11.9 Å². The highest BCUT2D eigenvalue weighted by Crippen LogP contribution is 2.45. The Kier molecular flexibility index (Phi) is 4.78. The number of carbonyl (C=O) groups excluding carboxylic acids is 2. The average molecular weight is 269 g/mol. The molecule has 1 aliphatic rings. The third kappa shape index (κ3) is 3.38. The number of azide groups is 1. The Bertz CT molecular complexity index is 383. The first-order valence-corrected chi connectivity index (χ1v) is 6.28. The summed E-state index contributed by atoms with van der Waals surface area (Å²) in [6, 6.07) is -0.357. The van der Waals surface area contributed by atoms with Gasteiger partial charge in [0.25, 0.3) is 0 Å². The van der Waals surface area contributed by atoms with Crippen molar-refractivity contribution in [3.63, 3.8) is 0 Å². The minimum absolute atomic E-state index is 0.147. The SMILES string of the molecule is CC(C)OC(=O)C1(C(=O)OC(C)C)CC(N=[N+]=[N-])C1. The highest BCUT2D eigenvalue weighted by atomic mass is 16.6. The van der Waals surface area contributed by atoms with E-state index < -0.39 is 17.4 Å². The number of rotatable bonds is 5. The number of ether oxygens (including phenoxy) is 2. The molecule has 1 rings (SSSR count). The molecule has 0 radical (unpaired) electrons. The van der Waals surface area contributed by atoms with Crippen LogP contribution >= 0.6 is 0 Å². The molecule has 106 valence electrons. The predicted molar refractivity (Wildman–Crippen MR) is 67.1 cm³/mol. The van der Waals surface area contributed by atoms with Gasteiger partial charge in [0.2, 0.25) is 0 Å². The van der Waals surface area contributed by atoms with Crippen molar-refractivity contribution in [2.45, 2.75) is 58.8 Å². The van der Waals surface area contributed by atoms with Crippen LogP contribution in [0.2, 0.25) is 0 Å². The van der Waals surface area contributed by atoms with E-state index in [-0.39, 0.29) is 31.1 Å². The van der Waals surface area contributed by atoms with Crippen molar-refractivity contribution in [3.05, 3.63) is 10.4 Å². The van der Waals surface area contributed by atoms with Gasteiger partial charge in [-0.05, 0) is 46.1 Å². The molecule has 7 heteroatoms. The summed E-state index contributed by atoms with van der Waals surface area (Å²) >= 11 is 0. The van der Waals surface area contributed by atoms with Gasteiger partial charge in [-0.25, -0.2) is 0 Å². The van der Waals surface area contributed by atoms with Crippen LogP contribution in [0, 0.1) is 5.41 Å². The second kappa shape index (κ2) is 5.93. The highest BCUT2D eigenvalue weighted by Gasteiger charge is 2.58. The van der Waals surface area contributed by atoms with E-state index in [9.17, 15) is 9.59 Å². The summed E-state index contributed by atoms with van der Waals surface area (Å²) in [6.07, 6.45) is -0.327. The molecule has 19 heavy (non-hydrogen) atoms. The molecule has 0 bridgehead atoms. The maximum Gasteiger partial charge on any atom is 0.323 e. The summed E-state index contributed by atoms with van der Waals surface area (Å²) in [5.74, 6) is -1.20. The summed E-state index contributed by atoms with van der Waals surface area (Å²) in [7, 11) is 0. The Morgan fingerprint density at radius 2 is 1.58 bits per heavy atom. The molecule has 0 heterocycles. The highest BCUT2D eigenvalue weighted by molar-refractivity contribution is 6.01. The molecule has 0 aromatic rings. The quantitative estimate of drug-likeness (QED) is 0.251. The van der Waals surface area contributed by atoms with Crippen LogP contribution < -0.4 is 0 Å². The van der Waals surface area contributed by atoms with Crippen molar-refractivity contribution in [1.29, 1.82) is 0 Å². The van der Waals surface area contributed by atoms with E-state index in [0.717, 1.165) is 0 Å². The van der Waals surface area contributed by atoms with Crippen molar-refractivity contribution >= 4 is 11.9 Å². The lowest BCUT2D eigenvalue weighted by molar-refractivity contribution is -0.185. The smallest absolute Gasteiger partial charge is 0.323 e. The first kappa shape index (κ1) is 15.3. The minimum Gasteiger partial charge on any atom is -0.462 e. The van der Waals surface area contributed by atoms with Crippen LogP contribution in [0.3, 0.4) is 0 Å². The summed E-state index contributed by atoms with van der Waals surface area (Å²) in [5, 5.41) is 3.51. The van der Waals surface area contributed by atoms with Crippen LogP contribution in [0.5, 0.6) is 0 Å². The Balaban J connectivity index is 2.84. The second-order valence-electron chi connectivity index (χ2n) is 5.26. The predicted octanol–water partition coefficient (Wildman–Crippen LogP) is 2.35. The fourth-order valence-electron chi connectivity index (χ4n) is 1.97. The number of esters is 2. The standard InChI is InChI=1S/C12H19N3O4/c1-7(2)18-10(16)12(11(17)19-8(3)4)5-9(6-12)14-15-13/h7-9H,5-6H2,1-4H3. The molecule has 0 atom stereocenters. The first-order chi connectivity index (χ1) is 8.81. The van der Waals surface area contributed by atoms with Gasteiger partial charge < -0.3 is 9.47 Å². The maximum absolute atomic E-state index is 12.1. The Morgan fingerprint density at radius 3 is 1.89 bits per heavy atom. The van der Waals surface area contributed by atoms with Gasteiger partial charge in [0.1, 0.15) is 0 Å². The molecule has 0 unspecified atom stereocenters. The third-order valence-electron chi connectivity index (χ3n) is 2.85. The fourth-order valence-corrected chi connectivity index (χ4v) is 1.97. The number of hydrogen-bond acceptors (Lipinski definition) is 5. The molecule has 0 aromatic heterocycles. The van der Waals surface area contributed by atoms with Gasteiger partial charge in [-0.15, -0.1) is 0 Å². The van der Waals surface area contributed by atoms with Crippen molar-refractivity contribution in [3.8, 4) is 0 Å². The lowest BCUT2D eigenvalue weighted by atomic mass is 9.65. The second-order valence-corrected chi connectivity index (χ2v) is 5.26. The topological polar surface area (TPSA) is 101 Å². The third-order valence-corrected chi connectivity index (χ3v) is 2.85. The molecule has 7 nitrogen and oxygen atoms in total. The van der Waals surface area contributed by atoms with Gasteiger partial charge in [0.05, 0.1) is 12.2 Å². The lowest BCUT2D eigenvalue weighted by Crippen LogP contribution is -2.54. The maximum atomic E-state index is 12.1. The van der Waals surface area contributed by atoms with E-state index in [2.05, 4.69) is 10.0 Å². The summed E-state index contributed by atoms with van der Waals surface area (Å²) < 4.78 is 10.2. The normalized spacial score (nSPS) is 17.6. The molecular formula is C12H19N3O4. The fraction of sp³-hybridized carbons (Fsp3) is 0.833. The van der Waals surface area contributed by atoms with Crippen LogP contribution in [-0.4, -0.2) is 30.2 Å². The lowest BCUT2D eigenvalue weighted by Gasteiger charge is -2.41. The van der Waals surface area contributed by atoms with E-state index in [1.165, 1.54) is 0 Å². The Hall–Kier alpha value is -1.75. The molecule has 0 saturated heterocycles. The molecule has 1 fully saturated rings. The first-order valence-electron chi connectivity index (χ1n) is 6.28. The van der Waals surface area contributed by atoms with Crippen LogP contribution in [0.15, 0.2) is 5.11 Å². The van der Waals surface area contributed by atoms with Crippen molar-refractivity contribution < 1.29 is 19.1 Å². The molecule has 0 aliphatic heterocycles. The summed E-state index contributed by atoms with van der Waals surface area (Å²) in [6.45, 7) is 6.85. The number of hydrogen-bond donors (Lipinski definition) is 0. The van der Waals surface area contributed by atoms with Crippen molar-refractivity contribution in [2.75, 3.05) is 0 Å². The summed E-state index contributed by atoms with van der Waals surface area (Å²) in [5.41, 5.74) is 7.05. The zero-order valence-corrected chi connectivity index (χ0v) is 11.6. The Labute approximate surface area is 111 Å². The average Bonchev–Trinajstić information content (AvgIpc) is 2.19. The Morgan fingerprint density at radius 1 is 1.16 bits per heavy atom. The van der Waals surface area contributed by atoms with E-state index in [0.29, 0.717) is 0 Å². The van der Waals surface area contributed by atoms with Crippen molar-refractivity contribution in [1.82, 2.24) is 0 Å². The largest absolute Gasteiger partial charge is 0.462 e. The molecule has 1 aliphatic carbocycles. The van der Waals surface area contributed by atoms with Gasteiger partial charge in [-0.3, -0.25) is 9.59 Å². The van der Waals surface area contributed by atoms with Gasteiger partial charge in [-0.2, -0.15) is 0 Å².